The molecule has 0 saturated heterocycles. The van der Waals surface area contributed by atoms with Crippen molar-refractivity contribution < 1.29 is 4.52 Å². The van der Waals surface area contributed by atoms with E-state index in [2.05, 4.69) is 44.8 Å². The number of halogens is 1. The van der Waals surface area contributed by atoms with Crippen LogP contribution in [-0.2, 0) is 18.5 Å². The highest BCUT2D eigenvalue weighted by atomic mass is 127. The normalized spacial score (nSPS) is 11.8. The molecule has 0 aliphatic carbocycles. The van der Waals surface area contributed by atoms with Gasteiger partial charge < -0.3 is 15.2 Å². The van der Waals surface area contributed by atoms with Crippen molar-refractivity contribution in [2.75, 3.05) is 7.05 Å². The van der Waals surface area contributed by atoms with Gasteiger partial charge >= 0.3 is 0 Å². The van der Waals surface area contributed by atoms with E-state index in [1.165, 1.54) is 11.1 Å². The Morgan fingerprint density at radius 3 is 2.42 bits per heavy atom. The van der Waals surface area contributed by atoms with Gasteiger partial charge in [0.1, 0.15) is 0 Å². The summed E-state index contributed by atoms with van der Waals surface area (Å²) in [6.45, 7) is 9.40. The molecule has 132 valence electrons. The van der Waals surface area contributed by atoms with Crippen LogP contribution >= 0.6 is 24.0 Å². The fourth-order valence-corrected chi connectivity index (χ4v) is 2.00. The molecule has 6 nitrogen and oxygen atoms in total. The lowest BCUT2D eigenvalue weighted by Gasteiger charge is -2.12. The summed E-state index contributed by atoms with van der Waals surface area (Å²) in [7, 11) is 1.74. The second-order valence-electron chi connectivity index (χ2n) is 6.47. The molecule has 0 spiro atoms. The van der Waals surface area contributed by atoms with Gasteiger partial charge in [-0.3, -0.25) is 4.99 Å². The summed E-state index contributed by atoms with van der Waals surface area (Å²) in [5, 5.41) is 10.5. The van der Waals surface area contributed by atoms with E-state index >= 15 is 0 Å². The van der Waals surface area contributed by atoms with Crippen LogP contribution in [0.5, 0.6) is 0 Å². The largest absolute Gasteiger partial charge is 0.352 e. The predicted octanol–water partition coefficient (Wildman–Crippen LogP) is 3.16. The number of aromatic nitrogens is 2. The number of hydrogen-bond acceptors (Lipinski definition) is 4. The number of nitrogens with zero attached hydrogens (tertiary/aromatic N) is 3. The summed E-state index contributed by atoms with van der Waals surface area (Å²) >= 11 is 0. The summed E-state index contributed by atoms with van der Waals surface area (Å²) in [6.07, 6.45) is 0. The molecule has 0 fully saturated rings. The molecule has 2 rings (SSSR count). The van der Waals surface area contributed by atoms with Crippen LogP contribution in [0.25, 0.3) is 0 Å². The molecule has 7 heteroatoms. The molecule has 0 radical (unpaired) electrons. The number of guanidine groups is 1. The Labute approximate surface area is 160 Å². The summed E-state index contributed by atoms with van der Waals surface area (Å²) in [5.41, 5.74) is 2.35. The zero-order valence-corrected chi connectivity index (χ0v) is 17.2. The van der Waals surface area contributed by atoms with Crippen molar-refractivity contribution in [3.05, 3.63) is 47.1 Å². The summed E-state index contributed by atoms with van der Waals surface area (Å²) in [5.74, 6) is 1.96. The summed E-state index contributed by atoms with van der Waals surface area (Å²) in [6, 6.07) is 8.27. The van der Waals surface area contributed by atoms with Crippen LogP contribution < -0.4 is 10.6 Å². The average molecular weight is 443 g/mol. The van der Waals surface area contributed by atoms with E-state index in [9.17, 15) is 0 Å². The highest BCUT2D eigenvalue weighted by Crippen LogP contribution is 2.19. The van der Waals surface area contributed by atoms with Crippen LogP contribution in [0.2, 0.25) is 0 Å². The van der Waals surface area contributed by atoms with Gasteiger partial charge in [-0.2, -0.15) is 4.98 Å². The minimum absolute atomic E-state index is 0. The molecular formula is C17H26IN5O. The van der Waals surface area contributed by atoms with E-state index in [0.29, 0.717) is 30.8 Å². The third kappa shape index (κ3) is 5.77. The quantitative estimate of drug-likeness (QED) is 0.432. The van der Waals surface area contributed by atoms with Gasteiger partial charge in [-0.15, -0.1) is 24.0 Å². The van der Waals surface area contributed by atoms with Crippen LogP contribution in [-0.4, -0.2) is 23.1 Å². The molecular weight excluding hydrogens is 417 g/mol. The van der Waals surface area contributed by atoms with Crippen LogP contribution in [0.3, 0.4) is 0 Å². The molecule has 0 bridgehead atoms. The highest BCUT2D eigenvalue weighted by Gasteiger charge is 2.21. The number of aliphatic imine (C=N–C) groups is 1. The van der Waals surface area contributed by atoms with Gasteiger partial charge in [0, 0.05) is 19.0 Å². The number of benzene rings is 1. The Bertz CT molecular complexity index is 676. The number of hydrogen-bond donors (Lipinski definition) is 2. The molecule has 0 aliphatic heterocycles. The topological polar surface area (TPSA) is 75.3 Å². The Morgan fingerprint density at radius 2 is 1.83 bits per heavy atom. The molecule has 0 atom stereocenters. The Kier molecular flexibility index (Phi) is 7.65. The van der Waals surface area contributed by atoms with Crippen molar-refractivity contribution in [1.82, 2.24) is 20.8 Å². The lowest BCUT2D eigenvalue weighted by molar-refractivity contribution is 0.318. The molecule has 2 N–H and O–H groups in total. The first-order chi connectivity index (χ1) is 10.9. The van der Waals surface area contributed by atoms with Crippen LogP contribution in [0, 0.1) is 6.92 Å². The van der Waals surface area contributed by atoms with Crippen molar-refractivity contribution >= 4 is 29.9 Å². The van der Waals surface area contributed by atoms with Crippen LogP contribution in [0.15, 0.2) is 33.8 Å². The second kappa shape index (κ2) is 9.00. The van der Waals surface area contributed by atoms with Gasteiger partial charge in [0.15, 0.2) is 11.8 Å². The highest BCUT2D eigenvalue weighted by molar-refractivity contribution is 14.0. The van der Waals surface area contributed by atoms with Gasteiger partial charge in [-0.1, -0.05) is 50.2 Å². The van der Waals surface area contributed by atoms with Crippen molar-refractivity contribution in [3.8, 4) is 0 Å². The molecule has 1 aromatic carbocycles. The van der Waals surface area contributed by atoms with E-state index in [1.54, 1.807) is 7.05 Å². The summed E-state index contributed by atoms with van der Waals surface area (Å²) < 4.78 is 5.28. The second-order valence-corrected chi connectivity index (χ2v) is 6.47. The van der Waals surface area contributed by atoms with Crippen LogP contribution in [0.4, 0.5) is 0 Å². The molecule has 0 amide bonds. The van der Waals surface area contributed by atoms with Crippen molar-refractivity contribution in [2.45, 2.75) is 46.2 Å². The Morgan fingerprint density at radius 1 is 1.17 bits per heavy atom. The molecule has 1 heterocycles. The lowest BCUT2D eigenvalue weighted by atomic mass is 9.97. The Balaban J connectivity index is 0.00000288. The zero-order chi connectivity index (χ0) is 16.9. The van der Waals surface area contributed by atoms with Crippen molar-refractivity contribution in [3.63, 3.8) is 0 Å². The fraction of sp³-hybridized carbons (Fsp3) is 0.471. The molecule has 24 heavy (non-hydrogen) atoms. The first-order valence-corrected chi connectivity index (χ1v) is 7.72. The van der Waals surface area contributed by atoms with E-state index in [1.807, 2.05) is 32.9 Å². The van der Waals surface area contributed by atoms with E-state index in [0.717, 1.165) is 0 Å². The smallest absolute Gasteiger partial charge is 0.232 e. The summed E-state index contributed by atoms with van der Waals surface area (Å²) in [4.78, 5) is 8.61. The van der Waals surface area contributed by atoms with Crippen LogP contribution in [0.1, 0.15) is 43.6 Å². The first-order valence-electron chi connectivity index (χ1n) is 7.72. The minimum atomic E-state index is -0.143. The number of aryl methyl sites for hydroxylation is 1. The minimum Gasteiger partial charge on any atom is -0.352 e. The molecule has 0 unspecified atom stereocenters. The predicted molar refractivity (Wildman–Crippen MR) is 107 cm³/mol. The van der Waals surface area contributed by atoms with Crippen molar-refractivity contribution in [1.29, 1.82) is 0 Å². The van der Waals surface area contributed by atoms with E-state index < -0.39 is 0 Å². The Hall–Kier alpha value is -1.64. The van der Waals surface area contributed by atoms with Gasteiger partial charge in [-0.25, -0.2) is 0 Å². The lowest BCUT2D eigenvalue weighted by Crippen LogP contribution is -2.36. The molecule has 1 aromatic heterocycles. The third-order valence-electron chi connectivity index (χ3n) is 3.45. The average Bonchev–Trinajstić information content (AvgIpc) is 2.98. The monoisotopic (exact) mass is 443 g/mol. The SMILES string of the molecule is CN=C(NCc1noc(C(C)(C)C)n1)NCc1ccccc1C.I. The zero-order valence-electron chi connectivity index (χ0n) is 14.9. The molecule has 0 saturated carbocycles. The van der Waals surface area contributed by atoms with E-state index in [4.69, 9.17) is 4.52 Å². The molecule has 2 aromatic rings. The molecule has 0 aliphatic rings. The van der Waals surface area contributed by atoms with Gasteiger partial charge in [-0.05, 0) is 18.1 Å². The van der Waals surface area contributed by atoms with Crippen molar-refractivity contribution in [2.24, 2.45) is 4.99 Å². The standard InChI is InChI=1S/C17H25N5O.HI/c1-12-8-6-7-9-13(12)10-19-16(18-5)20-11-14-21-15(23-22-14)17(2,3)4;/h6-9H,10-11H2,1-5H3,(H2,18,19,20);1H. The van der Waals surface area contributed by atoms with E-state index in [-0.39, 0.29) is 29.4 Å². The van der Waals surface area contributed by atoms with Gasteiger partial charge in [0.2, 0.25) is 5.89 Å². The van der Waals surface area contributed by atoms with Gasteiger partial charge in [0.25, 0.3) is 0 Å². The fourth-order valence-electron chi connectivity index (χ4n) is 2.00. The maximum absolute atomic E-state index is 5.28. The van der Waals surface area contributed by atoms with Gasteiger partial charge in [0.05, 0.1) is 6.54 Å². The first kappa shape index (κ1) is 20.4. The number of nitrogens with one attached hydrogen (secondary N) is 2. The maximum Gasteiger partial charge on any atom is 0.232 e. The number of rotatable bonds is 4. The maximum atomic E-state index is 5.28. The third-order valence-corrected chi connectivity index (χ3v) is 3.45.